The van der Waals surface area contributed by atoms with Gasteiger partial charge in [0, 0.05) is 18.7 Å². The van der Waals surface area contributed by atoms with Crippen LogP contribution in [0.3, 0.4) is 0 Å². The summed E-state index contributed by atoms with van der Waals surface area (Å²) in [4.78, 5) is 28.2. The van der Waals surface area contributed by atoms with Gasteiger partial charge in [-0.1, -0.05) is 36.4 Å². The van der Waals surface area contributed by atoms with Gasteiger partial charge in [-0.05, 0) is 44.5 Å². The second kappa shape index (κ2) is 8.16. The fraction of sp³-hybridized carbons (Fsp3) is 0.231. The molecule has 0 bridgehead atoms. The van der Waals surface area contributed by atoms with Gasteiger partial charge in [-0.2, -0.15) is 5.10 Å². The lowest BCUT2D eigenvalue weighted by Gasteiger charge is -2.17. The second-order valence-corrected chi connectivity index (χ2v) is 8.65. The Morgan fingerprint density at radius 1 is 1.09 bits per heavy atom. The summed E-state index contributed by atoms with van der Waals surface area (Å²) in [7, 11) is 1.79. The van der Waals surface area contributed by atoms with E-state index in [2.05, 4.69) is 41.9 Å². The van der Waals surface area contributed by atoms with Gasteiger partial charge in [-0.3, -0.25) is 4.79 Å². The minimum Gasteiger partial charge on any atom is -0.340 e. The van der Waals surface area contributed by atoms with Gasteiger partial charge in [0.25, 0.3) is 5.91 Å². The van der Waals surface area contributed by atoms with Crippen molar-refractivity contribution in [1.29, 1.82) is 0 Å². The van der Waals surface area contributed by atoms with E-state index in [1.165, 1.54) is 0 Å². The van der Waals surface area contributed by atoms with Gasteiger partial charge in [0.1, 0.15) is 5.82 Å². The van der Waals surface area contributed by atoms with Crippen LogP contribution in [-0.4, -0.2) is 42.6 Å². The Kier molecular flexibility index (Phi) is 5.17. The standard InChI is InChI=1S/C26H26N6O/c1-16(2)32-25-20(14-27-32)19(13-23(30-25)18-10-6-5-9-17(18)3)26(33)31(4)15-24-28-21-11-7-8-12-22(21)29-24/h5-14,16H,15H2,1-4H3,(H,28,29). The predicted molar refractivity (Wildman–Crippen MR) is 130 cm³/mol. The first-order chi connectivity index (χ1) is 15.9. The fourth-order valence-electron chi connectivity index (χ4n) is 4.15. The zero-order valence-corrected chi connectivity index (χ0v) is 19.2. The third-order valence-corrected chi connectivity index (χ3v) is 5.88. The Labute approximate surface area is 192 Å². The Hall–Kier alpha value is -4.00. The lowest BCUT2D eigenvalue weighted by Crippen LogP contribution is -2.27. The average Bonchev–Trinajstić information content (AvgIpc) is 3.41. The number of hydrogen-bond donors (Lipinski definition) is 1. The SMILES string of the molecule is Cc1ccccc1-c1cc(C(=O)N(C)Cc2nc3ccccc3[nH]2)c2cnn(C(C)C)c2n1. The Balaban J connectivity index is 1.58. The number of H-pyrrole nitrogens is 1. The van der Waals surface area contributed by atoms with Crippen LogP contribution in [0, 0.1) is 6.92 Å². The molecule has 1 N–H and O–H groups in total. The number of hydrogen-bond acceptors (Lipinski definition) is 4. The highest BCUT2D eigenvalue weighted by Crippen LogP contribution is 2.29. The molecule has 1 amide bonds. The molecule has 5 aromatic rings. The molecule has 0 radical (unpaired) electrons. The van der Waals surface area contributed by atoms with Crippen LogP contribution in [0.1, 0.15) is 41.6 Å². The monoisotopic (exact) mass is 438 g/mol. The molecule has 0 aliphatic carbocycles. The van der Waals surface area contributed by atoms with Crippen molar-refractivity contribution in [2.75, 3.05) is 7.05 Å². The Bertz CT molecular complexity index is 1450. The van der Waals surface area contributed by atoms with Crippen LogP contribution in [0.25, 0.3) is 33.3 Å². The van der Waals surface area contributed by atoms with Gasteiger partial charge < -0.3 is 9.88 Å². The smallest absolute Gasteiger partial charge is 0.254 e. The number of para-hydroxylation sites is 2. The summed E-state index contributed by atoms with van der Waals surface area (Å²) in [5, 5.41) is 5.28. The number of aryl methyl sites for hydroxylation is 1. The van der Waals surface area contributed by atoms with Gasteiger partial charge in [0.2, 0.25) is 0 Å². The molecule has 2 aromatic carbocycles. The van der Waals surface area contributed by atoms with E-state index in [0.29, 0.717) is 17.8 Å². The van der Waals surface area contributed by atoms with E-state index in [0.717, 1.165) is 39.1 Å². The fourth-order valence-corrected chi connectivity index (χ4v) is 4.15. The van der Waals surface area contributed by atoms with E-state index in [4.69, 9.17) is 4.98 Å². The topological polar surface area (TPSA) is 79.7 Å². The molecule has 0 atom stereocenters. The molecule has 0 saturated heterocycles. The van der Waals surface area contributed by atoms with Crippen molar-refractivity contribution < 1.29 is 4.79 Å². The molecule has 0 saturated carbocycles. The predicted octanol–water partition coefficient (Wildman–Crippen LogP) is 5.14. The molecule has 3 heterocycles. The van der Waals surface area contributed by atoms with Crippen LogP contribution in [0.5, 0.6) is 0 Å². The summed E-state index contributed by atoms with van der Waals surface area (Å²) in [5.74, 6) is 0.648. The molecular weight excluding hydrogens is 412 g/mol. The second-order valence-electron chi connectivity index (χ2n) is 8.65. The molecule has 33 heavy (non-hydrogen) atoms. The number of pyridine rings is 1. The molecule has 0 fully saturated rings. The molecule has 0 aliphatic heterocycles. The normalized spacial score (nSPS) is 11.5. The maximum Gasteiger partial charge on any atom is 0.254 e. The van der Waals surface area contributed by atoms with E-state index >= 15 is 0 Å². The molecule has 3 aromatic heterocycles. The van der Waals surface area contributed by atoms with Gasteiger partial charge in [0.05, 0.1) is 40.4 Å². The molecule has 0 aliphatic rings. The third kappa shape index (κ3) is 3.75. The summed E-state index contributed by atoms with van der Waals surface area (Å²) in [6, 6.07) is 17.9. The highest BCUT2D eigenvalue weighted by molar-refractivity contribution is 6.06. The number of rotatable bonds is 5. The number of aromatic nitrogens is 5. The van der Waals surface area contributed by atoms with Crippen molar-refractivity contribution in [3.8, 4) is 11.3 Å². The van der Waals surface area contributed by atoms with Crippen LogP contribution in [-0.2, 0) is 6.54 Å². The van der Waals surface area contributed by atoms with Crippen molar-refractivity contribution >= 4 is 28.0 Å². The highest BCUT2D eigenvalue weighted by Gasteiger charge is 2.22. The van der Waals surface area contributed by atoms with E-state index in [9.17, 15) is 4.79 Å². The maximum atomic E-state index is 13.6. The number of amides is 1. The molecular formula is C26H26N6O. The van der Waals surface area contributed by atoms with Crippen molar-refractivity contribution in [3.05, 3.63) is 77.7 Å². The number of carbonyl (C=O) groups excluding carboxylic acids is 1. The molecule has 0 spiro atoms. The third-order valence-electron chi connectivity index (χ3n) is 5.88. The Morgan fingerprint density at radius 3 is 2.61 bits per heavy atom. The number of nitrogens with one attached hydrogen (secondary N) is 1. The molecule has 5 rings (SSSR count). The minimum absolute atomic E-state index is 0.0963. The average molecular weight is 439 g/mol. The lowest BCUT2D eigenvalue weighted by atomic mass is 10.0. The number of aromatic amines is 1. The largest absolute Gasteiger partial charge is 0.340 e. The van der Waals surface area contributed by atoms with E-state index in [1.807, 2.05) is 53.2 Å². The van der Waals surface area contributed by atoms with Crippen molar-refractivity contribution in [2.45, 2.75) is 33.4 Å². The van der Waals surface area contributed by atoms with E-state index in [-0.39, 0.29) is 11.9 Å². The summed E-state index contributed by atoms with van der Waals surface area (Å²) in [6.07, 6.45) is 1.74. The van der Waals surface area contributed by atoms with Crippen LogP contribution < -0.4 is 0 Å². The van der Waals surface area contributed by atoms with Crippen LogP contribution in [0.4, 0.5) is 0 Å². The van der Waals surface area contributed by atoms with Crippen molar-refractivity contribution in [3.63, 3.8) is 0 Å². The first kappa shape index (κ1) is 20.9. The van der Waals surface area contributed by atoms with E-state index in [1.54, 1.807) is 18.1 Å². The van der Waals surface area contributed by atoms with E-state index < -0.39 is 0 Å². The molecule has 7 heteroatoms. The van der Waals surface area contributed by atoms with Crippen LogP contribution in [0.15, 0.2) is 60.8 Å². The van der Waals surface area contributed by atoms with Gasteiger partial charge in [0.15, 0.2) is 5.65 Å². The summed E-state index contributed by atoms with van der Waals surface area (Å²) in [6.45, 7) is 6.54. The lowest BCUT2D eigenvalue weighted by molar-refractivity contribution is 0.0784. The number of benzene rings is 2. The summed E-state index contributed by atoms with van der Waals surface area (Å²) in [5.41, 5.74) is 6.02. The van der Waals surface area contributed by atoms with Crippen LogP contribution in [0.2, 0.25) is 0 Å². The number of nitrogens with zero attached hydrogens (tertiary/aromatic N) is 5. The zero-order chi connectivity index (χ0) is 23.1. The highest BCUT2D eigenvalue weighted by atomic mass is 16.2. The number of carbonyl (C=O) groups is 1. The Morgan fingerprint density at radius 2 is 1.85 bits per heavy atom. The van der Waals surface area contributed by atoms with Crippen LogP contribution >= 0.6 is 0 Å². The zero-order valence-electron chi connectivity index (χ0n) is 19.2. The summed E-state index contributed by atoms with van der Waals surface area (Å²) < 4.78 is 1.87. The number of fused-ring (bicyclic) bond motifs is 2. The minimum atomic E-state index is -0.0963. The molecule has 7 nitrogen and oxygen atoms in total. The maximum absolute atomic E-state index is 13.6. The summed E-state index contributed by atoms with van der Waals surface area (Å²) >= 11 is 0. The first-order valence-electron chi connectivity index (χ1n) is 11.1. The van der Waals surface area contributed by atoms with Gasteiger partial charge in [-0.15, -0.1) is 0 Å². The molecule has 166 valence electrons. The van der Waals surface area contributed by atoms with Crippen molar-refractivity contribution in [2.24, 2.45) is 0 Å². The molecule has 0 unspecified atom stereocenters. The number of imidazole rings is 1. The van der Waals surface area contributed by atoms with Crippen molar-refractivity contribution in [1.82, 2.24) is 29.6 Å². The van der Waals surface area contributed by atoms with Gasteiger partial charge >= 0.3 is 0 Å². The first-order valence-corrected chi connectivity index (χ1v) is 11.1. The van der Waals surface area contributed by atoms with Gasteiger partial charge in [-0.25, -0.2) is 14.6 Å². The quantitative estimate of drug-likeness (QED) is 0.412.